The fraction of sp³-hybridized carbons (Fsp3) is 0.333. The average molecular weight is 434 g/mol. The molecule has 1 N–H and O–H groups in total. The topological polar surface area (TPSA) is 15.3 Å². The van der Waals surface area contributed by atoms with Crippen molar-refractivity contribution in [2.24, 2.45) is 0 Å². The van der Waals surface area contributed by atoms with Gasteiger partial charge in [-0.25, -0.2) is 0 Å². The number of nitrogens with zero attached hydrogens (tertiary/aromatic N) is 1. The Bertz CT molecular complexity index is 745. The monoisotopic (exact) mass is 432 g/mol. The number of halogens is 5. The van der Waals surface area contributed by atoms with Crippen molar-refractivity contribution in [2.45, 2.75) is 12.2 Å². The third-order valence-corrected chi connectivity index (χ3v) is 5.12. The smallest absolute Gasteiger partial charge is 0.314 e. The summed E-state index contributed by atoms with van der Waals surface area (Å²) in [5.41, 5.74) is 0.755. The summed E-state index contributed by atoms with van der Waals surface area (Å²) in [4.78, 5) is 2.20. The van der Waals surface area contributed by atoms with Crippen LogP contribution in [0.15, 0.2) is 46.9 Å². The van der Waals surface area contributed by atoms with Gasteiger partial charge in [0.1, 0.15) is 0 Å². The molecule has 1 aliphatic heterocycles. The Kier molecular flexibility index (Phi) is 5.73. The first-order valence-corrected chi connectivity index (χ1v) is 9.10. The van der Waals surface area contributed by atoms with Crippen molar-refractivity contribution >= 4 is 27.5 Å². The third-order valence-electron chi connectivity index (χ3n) is 4.29. The first kappa shape index (κ1) is 18.7. The van der Waals surface area contributed by atoms with Gasteiger partial charge < -0.3 is 5.32 Å². The van der Waals surface area contributed by atoms with Gasteiger partial charge in [0, 0.05) is 30.7 Å². The number of piperazine rings is 1. The molecule has 1 atom stereocenters. The third kappa shape index (κ3) is 4.37. The van der Waals surface area contributed by atoms with E-state index in [0.717, 1.165) is 36.2 Å². The molecule has 134 valence electrons. The number of nitrogens with one attached hydrogen (secondary N) is 1. The van der Waals surface area contributed by atoms with Crippen LogP contribution < -0.4 is 5.32 Å². The lowest BCUT2D eigenvalue weighted by Crippen LogP contribution is -2.45. The molecule has 0 bridgehead atoms. The predicted octanol–water partition coefficient (Wildman–Crippen LogP) is 5.12. The highest BCUT2D eigenvalue weighted by molar-refractivity contribution is 9.10. The van der Waals surface area contributed by atoms with Gasteiger partial charge in [0.05, 0.1) is 16.6 Å². The molecule has 0 saturated carbocycles. The second-order valence-corrected chi connectivity index (χ2v) is 7.30. The Morgan fingerprint density at radius 3 is 2.36 bits per heavy atom. The van der Waals surface area contributed by atoms with Gasteiger partial charge in [-0.3, -0.25) is 4.90 Å². The van der Waals surface area contributed by atoms with Crippen molar-refractivity contribution in [2.75, 3.05) is 26.2 Å². The fourth-order valence-electron chi connectivity index (χ4n) is 3.16. The number of benzene rings is 2. The van der Waals surface area contributed by atoms with E-state index >= 15 is 0 Å². The van der Waals surface area contributed by atoms with Gasteiger partial charge in [-0.15, -0.1) is 0 Å². The molecule has 1 aliphatic rings. The molecule has 1 unspecified atom stereocenters. The molecule has 2 aromatic rings. The lowest BCUT2D eigenvalue weighted by molar-refractivity contribution is -0.137. The Morgan fingerprint density at radius 2 is 1.72 bits per heavy atom. The maximum Gasteiger partial charge on any atom is 0.417 e. The first-order valence-electron chi connectivity index (χ1n) is 7.93. The van der Waals surface area contributed by atoms with Crippen LogP contribution in [-0.2, 0) is 6.18 Å². The van der Waals surface area contributed by atoms with Crippen LogP contribution in [0.1, 0.15) is 22.7 Å². The second-order valence-electron chi connectivity index (χ2n) is 5.98. The summed E-state index contributed by atoms with van der Waals surface area (Å²) in [6.45, 7) is 3.15. The van der Waals surface area contributed by atoms with E-state index in [0.29, 0.717) is 5.56 Å². The first-order chi connectivity index (χ1) is 11.9. The minimum Gasteiger partial charge on any atom is -0.314 e. The van der Waals surface area contributed by atoms with E-state index in [4.69, 9.17) is 11.6 Å². The van der Waals surface area contributed by atoms with Crippen LogP contribution >= 0.6 is 27.5 Å². The zero-order valence-electron chi connectivity index (χ0n) is 13.3. The number of hydrogen-bond acceptors (Lipinski definition) is 2. The van der Waals surface area contributed by atoms with Gasteiger partial charge in [0.25, 0.3) is 0 Å². The maximum atomic E-state index is 13.3. The molecule has 2 nitrogen and oxygen atoms in total. The summed E-state index contributed by atoms with van der Waals surface area (Å²) in [5.74, 6) is 0. The Balaban J connectivity index is 2.08. The van der Waals surface area contributed by atoms with Crippen LogP contribution in [0.4, 0.5) is 13.2 Å². The molecule has 1 saturated heterocycles. The van der Waals surface area contributed by atoms with E-state index in [9.17, 15) is 13.2 Å². The Labute approximate surface area is 158 Å². The normalized spacial score (nSPS) is 17.5. The fourth-order valence-corrected chi connectivity index (χ4v) is 3.80. The molecule has 0 amide bonds. The zero-order chi connectivity index (χ0) is 18.0. The molecule has 0 aliphatic carbocycles. The number of rotatable bonds is 3. The molecule has 0 aromatic heterocycles. The summed E-state index contributed by atoms with van der Waals surface area (Å²) < 4.78 is 40.8. The van der Waals surface area contributed by atoms with Crippen molar-refractivity contribution < 1.29 is 13.2 Å². The van der Waals surface area contributed by atoms with E-state index in [2.05, 4.69) is 26.1 Å². The zero-order valence-corrected chi connectivity index (χ0v) is 15.6. The van der Waals surface area contributed by atoms with Gasteiger partial charge in [0.15, 0.2) is 0 Å². The molecule has 7 heteroatoms. The van der Waals surface area contributed by atoms with Crippen molar-refractivity contribution in [3.05, 3.63) is 68.7 Å². The Morgan fingerprint density at radius 1 is 1.04 bits per heavy atom. The second kappa shape index (κ2) is 7.66. The minimum atomic E-state index is -4.47. The van der Waals surface area contributed by atoms with Crippen LogP contribution in [0.5, 0.6) is 0 Å². The quantitative estimate of drug-likeness (QED) is 0.723. The van der Waals surface area contributed by atoms with E-state index in [-0.39, 0.29) is 11.1 Å². The molecular weight excluding hydrogens is 417 g/mol. The summed E-state index contributed by atoms with van der Waals surface area (Å²) >= 11 is 9.24. The van der Waals surface area contributed by atoms with Crippen LogP contribution in [0.3, 0.4) is 0 Å². The van der Waals surface area contributed by atoms with E-state index < -0.39 is 11.7 Å². The van der Waals surface area contributed by atoms with Crippen LogP contribution in [0.25, 0.3) is 0 Å². The largest absolute Gasteiger partial charge is 0.417 e. The van der Waals surface area contributed by atoms with Gasteiger partial charge >= 0.3 is 6.18 Å². The highest BCUT2D eigenvalue weighted by Crippen LogP contribution is 2.38. The number of hydrogen-bond donors (Lipinski definition) is 1. The maximum absolute atomic E-state index is 13.3. The molecule has 3 rings (SSSR count). The van der Waals surface area contributed by atoms with Crippen LogP contribution in [0, 0.1) is 0 Å². The Hall–Kier alpha value is -1.08. The number of alkyl halides is 3. The predicted molar refractivity (Wildman–Crippen MR) is 96.9 cm³/mol. The van der Waals surface area contributed by atoms with Crippen molar-refractivity contribution in [1.29, 1.82) is 0 Å². The average Bonchev–Trinajstić information content (AvgIpc) is 2.57. The SMILES string of the molecule is FC(F)(F)c1cc(C(c2cccc(Br)c2)N2CCNCC2)ccc1Cl. The molecule has 1 heterocycles. The van der Waals surface area contributed by atoms with E-state index in [1.54, 1.807) is 6.07 Å². The van der Waals surface area contributed by atoms with Crippen molar-refractivity contribution in [3.63, 3.8) is 0 Å². The van der Waals surface area contributed by atoms with E-state index in [1.807, 2.05) is 24.3 Å². The van der Waals surface area contributed by atoms with Crippen molar-refractivity contribution in [1.82, 2.24) is 10.2 Å². The van der Waals surface area contributed by atoms with Crippen LogP contribution in [0.2, 0.25) is 5.02 Å². The highest BCUT2D eigenvalue weighted by atomic mass is 79.9. The standard InChI is InChI=1S/C18H17BrClF3N2/c19-14-3-1-2-12(10-14)17(25-8-6-24-7-9-25)13-4-5-16(20)15(11-13)18(21,22)23/h1-5,10-11,17,24H,6-9H2. The molecule has 0 radical (unpaired) electrons. The van der Waals surface area contributed by atoms with Crippen LogP contribution in [-0.4, -0.2) is 31.1 Å². The minimum absolute atomic E-state index is 0.252. The summed E-state index contributed by atoms with van der Waals surface area (Å²) in [5, 5.41) is 3.00. The molecule has 0 spiro atoms. The van der Waals surface area contributed by atoms with E-state index in [1.165, 1.54) is 12.1 Å². The molecular formula is C18H17BrClF3N2. The molecule has 25 heavy (non-hydrogen) atoms. The van der Waals surface area contributed by atoms with Gasteiger partial charge in [0.2, 0.25) is 0 Å². The lowest BCUT2D eigenvalue weighted by Gasteiger charge is -2.36. The van der Waals surface area contributed by atoms with Gasteiger partial charge in [-0.2, -0.15) is 13.2 Å². The summed E-state index contributed by atoms with van der Waals surface area (Å²) in [6, 6.07) is 11.6. The van der Waals surface area contributed by atoms with Gasteiger partial charge in [-0.05, 0) is 35.4 Å². The lowest BCUT2D eigenvalue weighted by atomic mass is 9.95. The highest BCUT2D eigenvalue weighted by Gasteiger charge is 2.35. The molecule has 1 fully saturated rings. The molecule has 2 aromatic carbocycles. The van der Waals surface area contributed by atoms with Crippen molar-refractivity contribution in [3.8, 4) is 0 Å². The summed E-state index contributed by atoms with van der Waals surface area (Å²) in [6.07, 6.45) is -4.47. The summed E-state index contributed by atoms with van der Waals surface area (Å²) in [7, 11) is 0. The van der Waals surface area contributed by atoms with Gasteiger partial charge in [-0.1, -0.05) is 45.7 Å².